The lowest BCUT2D eigenvalue weighted by molar-refractivity contribution is -0.612. The fraction of sp³-hybridized carbons (Fsp3) is 0.263. The number of fused-ring (bicyclic) bond motifs is 3. The van der Waals surface area contributed by atoms with Gasteiger partial charge in [0.25, 0.3) is 0 Å². The lowest BCUT2D eigenvalue weighted by atomic mass is 10.00. The number of nitrogens with two attached hydrogens (primary N) is 2. The molecule has 2 heterocycles. The Kier molecular flexibility index (Phi) is 5.08. The van der Waals surface area contributed by atoms with Crippen molar-refractivity contribution in [2.24, 2.45) is 5.73 Å². The summed E-state index contributed by atoms with van der Waals surface area (Å²) in [5, 5.41) is 1.88. The summed E-state index contributed by atoms with van der Waals surface area (Å²) >= 11 is 12.4. The highest BCUT2D eigenvalue weighted by Gasteiger charge is 2.48. The van der Waals surface area contributed by atoms with E-state index in [0.717, 1.165) is 12.1 Å². The first-order valence-corrected chi connectivity index (χ1v) is 9.79. The number of benzene rings is 2. The van der Waals surface area contributed by atoms with E-state index in [-0.39, 0.29) is 28.0 Å². The minimum absolute atomic E-state index is 0.0698. The van der Waals surface area contributed by atoms with Gasteiger partial charge in [0, 0.05) is 31.3 Å². The van der Waals surface area contributed by atoms with E-state index >= 15 is 0 Å². The van der Waals surface area contributed by atoms with Crippen LogP contribution >= 0.6 is 23.2 Å². The molecule has 2 aliphatic rings. The molecule has 0 fully saturated rings. The van der Waals surface area contributed by atoms with Crippen LogP contribution in [0.15, 0.2) is 30.3 Å². The summed E-state index contributed by atoms with van der Waals surface area (Å²) < 4.78 is 39.5. The molecule has 0 atom stereocenters. The van der Waals surface area contributed by atoms with Gasteiger partial charge in [-0.15, -0.1) is 0 Å². The van der Waals surface area contributed by atoms with Gasteiger partial charge >= 0.3 is 11.9 Å². The Hall–Kier alpha value is -2.49. The number of alkyl halides is 3. The molecule has 0 bridgehead atoms. The largest absolute Gasteiger partial charge is 0.416 e. The van der Waals surface area contributed by atoms with Crippen LogP contribution < -0.4 is 11.5 Å². The molecule has 0 spiro atoms. The van der Waals surface area contributed by atoms with Crippen molar-refractivity contribution < 1.29 is 18.0 Å². The number of nitrogens with zero attached hydrogens (tertiary/aromatic N) is 3. The first-order valence-electron chi connectivity index (χ1n) is 9.04. The molecule has 0 saturated carbocycles. The van der Waals surface area contributed by atoms with Gasteiger partial charge in [-0.3, -0.25) is 0 Å². The first kappa shape index (κ1) is 20.8. The van der Waals surface area contributed by atoms with Crippen LogP contribution in [0.4, 0.5) is 24.5 Å². The van der Waals surface area contributed by atoms with Crippen molar-refractivity contribution in [1.29, 1.82) is 0 Å². The van der Waals surface area contributed by atoms with Crippen molar-refractivity contribution in [3.63, 3.8) is 0 Å². The summed E-state index contributed by atoms with van der Waals surface area (Å²) in [4.78, 5) is 15.3. The molecule has 158 valence electrons. The van der Waals surface area contributed by atoms with Crippen LogP contribution in [0.2, 0.25) is 10.0 Å². The molecule has 0 aromatic heterocycles. The monoisotopic (exact) mass is 458 g/mol. The number of halogens is 5. The van der Waals surface area contributed by atoms with E-state index in [2.05, 4.69) is 0 Å². The van der Waals surface area contributed by atoms with E-state index in [0.29, 0.717) is 47.0 Å². The molecule has 0 saturated heterocycles. The van der Waals surface area contributed by atoms with E-state index in [1.807, 2.05) is 4.90 Å². The molecule has 2 aliphatic heterocycles. The fourth-order valence-corrected chi connectivity index (χ4v) is 4.26. The third-order valence-corrected chi connectivity index (χ3v) is 5.76. The highest BCUT2D eigenvalue weighted by molar-refractivity contribution is 6.39. The van der Waals surface area contributed by atoms with E-state index in [4.69, 9.17) is 34.7 Å². The summed E-state index contributed by atoms with van der Waals surface area (Å²) in [7, 11) is 0. The molecule has 4 rings (SSSR count). The molecule has 0 radical (unpaired) electrons. The zero-order chi connectivity index (χ0) is 21.8. The zero-order valence-corrected chi connectivity index (χ0v) is 17.0. The smallest absolute Gasteiger partial charge is 0.396 e. The Labute approximate surface area is 180 Å². The average molecular weight is 459 g/mol. The van der Waals surface area contributed by atoms with Gasteiger partial charge in [0.05, 0.1) is 37.5 Å². The van der Waals surface area contributed by atoms with Gasteiger partial charge < -0.3 is 16.4 Å². The first-order chi connectivity index (χ1) is 14.1. The second kappa shape index (κ2) is 7.33. The molecule has 0 amide bonds. The van der Waals surface area contributed by atoms with Gasteiger partial charge in [0.2, 0.25) is 0 Å². The molecule has 2 aromatic carbocycles. The van der Waals surface area contributed by atoms with Gasteiger partial charge in [-0.1, -0.05) is 28.2 Å². The van der Waals surface area contributed by atoms with E-state index < -0.39 is 11.7 Å². The summed E-state index contributed by atoms with van der Waals surface area (Å²) in [6, 6.07) is 6.38. The molecule has 4 N–H and O–H groups in total. The lowest BCUT2D eigenvalue weighted by Crippen LogP contribution is -2.42. The predicted molar refractivity (Wildman–Crippen MR) is 110 cm³/mol. The van der Waals surface area contributed by atoms with Crippen molar-refractivity contribution in [3.05, 3.63) is 62.0 Å². The summed E-state index contributed by atoms with van der Waals surface area (Å²) in [6.45, 7) is 1.54. The fourth-order valence-electron chi connectivity index (χ4n) is 3.78. The van der Waals surface area contributed by atoms with Gasteiger partial charge in [-0.05, 0) is 24.3 Å². The molecule has 6 nitrogen and oxygen atoms in total. The average Bonchev–Trinajstić information content (AvgIpc) is 2.97. The SMILES string of the molecule is NCCN1CCN2C(=C1c1cc(Cl)c(N)c(Cl)c1)c1ccc(C(F)(F)F)cc1[N+]2=O. The number of hydrogen-bond acceptors (Lipinski definition) is 4. The van der Waals surface area contributed by atoms with Gasteiger partial charge in [0.15, 0.2) is 4.87 Å². The summed E-state index contributed by atoms with van der Waals surface area (Å²) in [6.07, 6.45) is -4.56. The van der Waals surface area contributed by atoms with Crippen LogP contribution in [0.25, 0.3) is 11.4 Å². The Morgan fingerprint density at radius 2 is 1.73 bits per heavy atom. The van der Waals surface area contributed by atoms with Gasteiger partial charge in [-0.2, -0.15) is 13.2 Å². The Bertz CT molecular complexity index is 1060. The van der Waals surface area contributed by atoms with Crippen molar-refractivity contribution in [1.82, 2.24) is 9.91 Å². The Morgan fingerprint density at radius 3 is 2.33 bits per heavy atom. The van der Waals surface area contributed by atoms with Crippen LogP contribution in [0.3, 0.4) is 0 Å². The Balaban J connectivity index is 1.98. The van der Waals surface area contributed by atoms with Crippen LogP contribution in [-0.2, 0) is 6.18 Å². The molecular formula is C19H17Cl2F3N5O+. The summed E-state index contributed by atoms with van der Waals surface area (Å²) in [5.74, 6) is 0. The second-order valence-corrected chi connectivity index (χ2v) is 7.77. The highest BCUT2D eigenvalue weighted by Crippen LogP contribution is 2.47. The van der Waals surface area contributed by atoms with Crippen molar-refractivity contribution in [2.45, 2.75) is 6.18 Å². The van der Waals surface area contributed by atoms with E-state index in [9.17, 15) is 18.1 Å². The Morgan fingerprint density at radius 1 is 1.07 bits per heavy atom. The molecule has 2 aromatic rings. The normalized spacial score (nSPS) is 16.3. The topological polar surface area (TPSA) is 78.6 Å². The van der Waals surface area contributed by atoms with Crippen LogP contribution in [0.1, 0.15) is 16.7 Å². The maximum atomic E-state index is 13.2. The zero-order valence-electron chi connectivity index (χ0n) is 15.5. The van der Waals surface area contributed by atoms with Crippen molar-refractivity contribution >= 4 is 46.0 Å². The van der Waals surface area contributed by atoms with Crippen LogP contribution in [0.5, 0.6) is 0 Å². The highest BCUT2D eigenvalue weighted by atomic mass is 35.5. The molecular weight excluding hydrogens is 442 g/mol. The number of rotatable bonds is 3. The number of nitroso groups, excluding NO2 is 1. The van der Waals surface area contributed by atoms with E-state index in [1.165, 1.54) is 11.1 Å². The molecule has 0 unspecified atom stereocenters. The predicted octanol–water partition coefficient (Wildman–Crippen LogP) is 4.34. The minimum atomic E-state index is -4.56. The van der Waals surface area contributed by atoms with E-state index in [1.54, 1.807) is 12.1 Å². The second-order valence-electron chi connectivity index (χ2n) is 6.95. The van der Waals surface area contributed by atoms with Crippen molar-refractivity contribution in [3.8, 4) is 0 Å². The number of hydrazine groups is 1. The third-order valence-electron chi connectivity index (χ3n) is 5.14. The molecule has 11 heteroatoms. The third kappa shape index (κ3) is 3.27. The van der Waals surface area contributed by atoms with Crippen molar-refractivity contribution in [2.75, 3.05) is 31.9 Å². The van der Waals surface area contributed by atoms with Gasteiger partial charge in [0.1, 0.15) is 12.2 Å². The van der Waals surface area contributed by atoms with Crippen LogP contribution in [0, 0.1) is 4.91 Å². The maximum absolute atomic E-state index is 13.2. The number of anilines is 1. The summed E-state index contributed by atoms with van der Waals surface area (Å²) in [5.41, 5.74) is 12.9. The standard InChI is InChI=1S/C19H17Cl2F3N5O/c20-13-7-10(8-14(21)16(13)26)17-18-12-2-1-11(19(22,23)24)9-15(12)29(30)28(18)6-5-27(17)4-3-25/h1-2,7-9H,3-6,25-26H2/q+1. The maximum Gasteiger partial charge on any atom is 0.416 e. The lowest BCUT2D eigenvalue weighted by Gasteiger charge is -2.34. The van der Waals surface area contributed by atoms with Crippen LogP contribution in [-0.4, -0.2) is 41.0 Å². The minimum Gasteiger partial charge on any atom is -0.396 e. The number of hydrogen-bond donors (Lipinski definition) is 2. The van der Waals surface area contributed by atoms with Gasteiger partial charge in [-0.25, -0.2) is 0 Å². The quantitative estimate of drug-likeness (QED) is 0.528. The molecule has 30 heavy (non-hydrogen) atoms. The molecule has 0 aliphatic carbocycles. The number of nitrogen functional groups attached to an aromatic ring is 1.